The van der Waals surface area contributed by atoms with Crippen LogP contribution in [0.3, 0.4) is 0 Å². The van der Waals surface area contributed by atoms with Gasteiger partial charge in [0.2, 0.25) is 5.91 Å². The van der Waals surface area contributed by atoms with Crippen LogP contribution in [0.2, 0.25) is 0 Å². The number of phenols is 1. The van der Waals surface area contributed by atoms with E-state index in [4.69, 9.17) is 0 Å². The molecular formula is C15H17N3O5S. The van der Waals surface area contributed by atoms with Gasteiger partial charge in [-0.15, -0.1) is 0 Å². The Kier molecular flexibility index (Phi) is 4.27. The molecule has 0 unspecified atom stereocenters. The van der Waals surface area contributed by atoms with Crippen molar-refractivity contribution in [2.75, 3.05) is 16.8 Å². The van der Waals surface area contributed by atoms with Crippen molar-refractivity contribution in [3.05, 3.63) is 24.3 Å². The SMILES string of the molecule is O=C(Nc1ccccc1O)C1=NN([C@H]2CCS(=O)(=O)C2)C(=O)CC1. The molecule has 1 atom stereocenters. The molecule has 1 aromatic rings. The summed E-state index contributed by atoms with van der Waals surface area (Å²) < 4.78 is 23.2. The summed E-state index contributed by atoms with van der Waals surface area (Å²) in [4.78, 5) is 24.3. The minimum absolute atomic E-state index is 0.0242. The van der Waals surface area contributed by atoms with Crippen LogP contribution in [0.1, 0.15) is 19.3 Å². The number of aromatic hydroxyl groups is 1. The first kappa shape index (κ1) is 16.4. The number of benzene rings is 1. The first-order valence-corrected chi connectivity index (χ1v) is 9.37. The molecule has 2 aliphatic heterocycles. The second-order valence-corrected chi connectivity index (χ2v) is 8.04. The Balaban J connectivity index is 1.78. The average molecular weight is 351 g/mol. The number of hydrazone groups is 1. The standard InChI is InChI=1S/C15H17N3O5S/c19-13-4-2-1-3-11(13)16-15(21)12-5-6-14(20)18(17-12)10-7-8-24(22,23)9-10/h1-4,10,19H,5-9H2,(H,16,21)/t10-/m0/s1. The van der Waals surface area contributed by atoms with E-state index < -0.39 is 21.8 Å². The molecule has 9 heteroatoms. The number of sulfone groups is 1. The third kappa shape index (κ3) is 3.40. The fraction of sp³-hybridized carbons (Fsp3) is 0.400. The van der Waals surface area contributed by atoms with Gasteiger partial charge in [-0.2, -0.15) is 5.10 Å². The molecule has 0 aromatic heterocycles. The number of amides is 2. The van der Waals surface area contributed by atoms with E-state index in [-0.39, 0.29) is 47.4 Å². The fourth-order valence-electron chi connectivity index (χ4n) is 2.76. The number of anilines is 1. The van der Waals surface area contributed by atoms with Crippen molar-refractivity contribution in [1.82, 2.24) is 5.01 Å². The van der Waals surface area contributed by atoms with Crippen LogP contribution in [0.15, 0.2) is 29.4 Å². The third-order valence-electron chi connectivity index (χ3n) is 4.03. The van der Waals surface area contributed by atoms with Crippen LogP contribution in [-0.2, 0) is 19.4 Å². The van der Waals surface area contributed by atoms with Crippen molar-refractivity contribution < 1.29 is 23.1 Å². The molecule has 128 valence electrons. The molecule has 0 aliphatic carbocycles. The van der Waals surface area contributed by atoms with Crippen LogP contribution < -0.4 is 5.32 Å². The molecular weight excluding hydrogens is 334 g/mol. The first-order chi connectivity index (χ1) is 11.4. The molecule has 1 fully saturated rings. The first-order valence-electron chi connectivity index (χ1n) is 7.55. The van der Waals surface area contributed by atoms with E-state index in [0.717, 1.165) is 5.01 Å². The van der Waals surface area contributed by atoms with Gasteiger partial charge in [0.25, 0.3) is 5.91 Å². The Labute approximate surface area is 139 Å². The highest BCUT2D eigenvalue weighted by molar-refractivity contribution is 7.91. The maximum atomic E-state index is 12.3. The highest BCUT2D eigenvalue weighted by atomic mass is 32.2. The van der Waals surface area contributed by atoms with Crippen molar-refractivity contribution in [1.29, 1.82) is 0 Å². The summed E-state index contributed by atoms with van der Waals surface area (Å²) in [7, 11) is -3.16. The third-order valence-corrected chi connectivity index (χ3v) is 5.78. The predicted octanol–water partition coefficient (Wildman–Crippen LogP) is 0.496. The second-order valence-electron chi connectivity index (χ2n) is 5.81. The Morgan fingerprint density at radius 3 is 2.71 bits per heavy atom. The maximum absolute atomic E-state index is 12.3. The highest BCUT2D eigenvalue weighted by Crippen LogP contribution is 2.24. The predicted molar refractivity (Wildman–Crippen MR) is 87.3 cm³/mol. The summed E-state index contributed by atoms with van der Waals surface area (Å²) in [6, 6.07) is 5.76. The Hall–Kier alpha value is -2.42. The fourth-order valence-corrected chi connectivity index (χ4v) is 4.45. The smallest absolute Gasteiger partial charge is 0.271 e. The Bertz CT molecular complexity index is 818. The Morgan fingerprint density at radius 1 is 1.29 bits per heavy atom. The van der Waals surface area contributed by atoms with E-state index in [9.17, 15) is 23.1 Å². The van der Waals surface area contributed by atoms with Crippen molar-refractivity contribution in [2.45, 2.75) is 25.3 Å². The molecule has 1 saturated heterocycles. The molecule has 3 rings (SSSR count). The number of rotatable bonds is 3. The van der Waals surface area contributed by atoms with Gasteiger partial charge in [-0.05, 0) is 18.6 Å². The number of carbonyl (C=O) groups excluding carboxylic acids is 2. The van der Waals surface area contributed by atoms with Gasteiger partial charge in [0, 0.05) is 12.8 Å². The van der Waals surface area contributed by atoms with Crippen LogP contribution in [-0.4, -0.2) is 53.6 Å². The zero-order valence-electron chi connectivity index (χ0n) is 12.8. The molecule has 2 N–H and O–H groups in total. The zero-order valence-corrected chi connectivity index (χ0v) is 13.6. The number of nitrogens with zero attached hydrogens (tertiary/aromatic N) is 2. The van der Waals surface area contributed by atoms with Crippen LogP contribution >= 0.6 is 0 Å². The van der Waals surface area contributed by atoms with Gasteiger partial charge in [0.15, 0.2) is 9.84 Å². The number of hydrogen-bond acceptors (Lipinski definition) is 6. The van der Waals surface area contributed by atoms with E-state index in [1.165, 1.54) is 6.07 Å². The van der Waals surface area contributed by atoms with Gasteiger partial charge in [-0.25, -0.2) is 13.4 Å². The minimum atomic E-state index is -3.16. The van der Waals surface area contributed by atoms with Gasteiger partial charge in [0.1, 0.15) is 11.5 Å². The molecule has 0 spiro atoms. The monoisotopic (exact) mass is 351 g/mol. The second kappa shape index (κ2) is 6.23. The van der Waals surface area contributed by atoms with Gasteiger partial charge in [-0.1, -0.05) is 12.1 Å². The molecule has 24 heavy (non-hydrogen) atoms. The molecule has 2 heterocycles. The highest BCUT2D eigenvalue weighted by Gasteiger charge is 2.37. The van der Waals surface area contributed by atoms with Gasteiger partial charge >= 0.3 is 0 Å². The minimum Gasteiger partial charge on any atom is -0.506 e. The van der Waals surface area contributed by atoms with Crippen molar-refractivity contribution in [3.8, 4) is 5.75 Å². The van der Waals surface area contributed by atoms with Crippen LogP contribution in [0.5, 0.6) is 5.75 Å². The normalized spacial score (nSPS) is 23.0. The summed E-state index contributed by atoms with van der Waals surface area (Å²) in [6.45, 7) is 0. The molecule has 2 amide bonds. The van der Waals surface area contributed by atoms with Crippen LogP contribution in [0.4, 0.5) is 5.69 Å². The number of carbonyl (C=O) groups is 2. The summed E-state index contributed by atoms with van der Waals surface area (Å²) >= 11 is 0. The van der Waals surface area contributed by atoms with Crippen LogP contribution in [0.25, 0.3) is 0 Å². The zero-order chi connectivity index (χ0) is 17.3. The van der Waals surface area contributed by atoms with Crippen molar-refractivity contribution >= 4 is 33.1 Å². The number of phenolic OH excluding ortho intramolecular Hbond substituents is 1. The largest absolute Gasteiger partial charge is 0.506 e. The van der Waals surface area contributed by atoms with Crippen molar-refractivity contribution in [3.63, 3.8) is 0 Å². The lowest BCUT2D eigenvalue weighted by atomic mass is 10.1. The van der Waals surface area contributed by atoms with E-state index in [1.807, 2.05) is 0 Å². The van der Waals surface area contributed by atoms with Gasteiger partial charge in [0.05, 0.1) is 23.2 Å². The molecule has 0 saturated carbocycles. The quantitative estimate of drug-likeness (QED) is 0.769. The topological polar surface area (TPSA) is 116 Å². The number of hydrogen-bond donors (Lipinski definition) is 2. The lowest BCUT2D eigenvalue weighted by molar-refractivity contribution is -0.133. The average Bonchev–Trinajstić information content (AvgIpc) is 2.90. The van der Waals surface area contributed by atoms with Gasteiger partial charge in [-0.3, -0.25) is 9.59 Å². The lowest BCUT2D eigenvalue weighted by Crippen LogP contribution is -2.42. The maximum Gasteiger partial charge on any atom is 0.271 e. The molecule has 0 radical (unpaired) electrons. The molecule has 8 nitrogen and oxygen atoms in total. The number of nitrogens with one attached hydrogen (secondary N) is 1. The summed E-state index contributed by atoms with van der Waals surface area (Å²) in [5, 5.41) is 17.5. The van der Waals surface area contributed by atoms with E-state index in [1.54, 1.807) is 18.2 Å². The lowest BCUT2D eigenvalue weighted by Gasteiger charge is -2.27. The Morgan fingerprint density at radius 2 is 2.04 bits per heavy atom. The van der Waals surface area contributed by atoms with E-state index >= 15 is 0 Å². The summed E-state index contributed by atoms with van der Waals surface area (Å²) in [5.41, 5.74) is 0.388. The molecule has 2 aliphatic rings. The summed E-state index contributed by atoms with van der Waals surface area (Å²) in [5.74, 6) is -0.976. The summed E-state index contributed by atoms with van der Waals surface area (Å²) in [6.07, 6.45) is 0.601. The van der Waals surface area contributed by atoms with Crippen LogP contribution in [0, 0.1) is 0 Å². The van der Waals surface area contributed by atoms with E-state index in [0.29, 0.717) is 6.42 Å². The van der Waals surface area contributed by atoms with Crippen molar-refractivity contribution in [2.24, 2.45) is 5.10 Å². The molecule has 1 aromatic carbocycles. The molecule has 0 bridgehead atoms. The number of para-hydroxylation sites is 2. The van der Waals surface area contributed by atoms with E-state index in [2.05, 4.69) is 10.4 Å². The van der Waals surface area contributed by atoms with Gasteiger partial charge < -0.3 is 10.4 Å².